The summed E-state index contributed by atoms with van der Waals surface area (Å²) < 4.78 is 17.0. The van der Waals surface area contributed by atoms with Gasteiger partial charge < -0.3 is 19.5 Å². The van der Waals surface area contributed by atoms with E-state index in [2.05, 4.69) is 10.4 Å². The molecule has 164 valence electrons. The van der Waals surface area contributed by atoms with Crippen molar-refractivity contribution in [2.75, 3.05) is 20.3 Å². The standard InChI is InChI=1S/C22H25N3O5S/c1-14-5-7-17(8-6-14)29-11-12-30-20-10-9-18(28-4)13-19(20)21-25(16(3)27)24-22(31-21)23-15(2)26/h5-10,13,21H,11-12H2,1-4H3,(H,23,24,26)/t21-/m0/s1. The Labute approximate surface area is 185 Å². The number of methoxy groups -OCH3 is 1. The van der Waals surface area contributed by atoms with Crippen LogP contribution < -0.4 is 19.5 Å². The number of benzene rings is 2. The van der Waals surface area contributed by atoms with Crippen LogP contribution in [-0.4, -0.2) is 42.3 Å². The summed E-state index contributed by atoms with van der Waals surface area (Å²) in [7, 11) is 1.57. The Morgan fingerprint density at radius 2 is 1.74 bits per heavy atom. The highest BCUT2D eigenvalue weighted by atomic mass is 32.2. The third-order valence-electron chi connectivity index (χ3n) is 4.36. The first-order valence-electron chi connectivity index (χ1n) is 9.70. The number of hydrazone groups is 1. The Bertz CT molecular complexity index is 978. The van der Waals surface area contributed by atoms with Gasteiger partial charge in [0, 0.05) is 19.4 Å². The Morgan fingerprint density at radius 3 is 2.39 bits per heavy atom. The van der Waals surface area contributed by atoms with E-state index in [1.807, 2.05) is 31.2 Å². The van der Waals surface area contributed by atoms with E-state index in [-0.39, 0.29) is 11.8 Å². The molecule has 8 nitrogen and oxygen atoms in total. The Morgan fingerprint density at radius 1 is 1.06 bits per heavy atom. The fraction of sp³-hybridized carbons (Fsp3) is 0.318. The molecule has 9 heteroatoms. The van der Waals surface area contributed by atoms with Gasteiger partial charge in [-0.25, -0.2) is 5.01 Å². The molecule has 1 atom stereocenters. The second-order valence-corrected chi connectivity index (χ2v) is 7.90. The van der Waals surface area contributed by atoms with Gasteiger partial charge in [-0.05, 0) is 37.3 Å². The number of ether oxygens (including phenoxy) is 3. The first-order chi connectivity index (χ1) is 14.9. The van der Waals surface area contributed by atoms with Gasteiger partial charge in [0.2, 0.25) is 11.8 Å². The largest absolute Gasteiger partial charge is 0.497 e. The molecule has 2 amide bonds. The zero-order chi connectivity index (χ0) is 22.4. The number of nitrogens with zero attached hydrogens (tertiary/aromatic N) is 2. The molecular formula is C22H25N3O5S. The Balaban J connectivity index is 1.74. The van der Waals surface area contributed by atoms with Crippen molar-refractivity contribution in [2.45, 2.75) is 26.1 Å². The van der Waals surface area contributed by atoms with E-state index in [1.165, 1.54) is 30.6 Å². The van der Waals surface area contributed by atoms with Gasteiger partial charge in [-0.3, -0.25) is 9.59 Å². The summed E-state index contributed by atoms with van der Waals surface area (Å²) in [6.45, 7) is 5.50. The number of carbonyl (C=O) groups excluding carboxylic acids is 2. The summed E-state index contributed by atoms with van der Waals surface area (Å²) in [4.78, 5) is 23.6. The number of carbonyl (C=O) groups is 2. The summed E-state index contributed by atoms with van der Waals surface area (Å²) >= 11 is 1.26. The number of aryl methyl sites for hydroxylation is 1. The molecule has 2 aromatic carbocycles. The second-order valence-electron chi connectivity index (χ2n) is 6.83. The molecule has 0 bridgehead atoms. The third kappa shape index (κ3) is 5.91. The average molecular weight is 444 g/mol. The van der Waals surface area contributed by atoms with E-state index in [1.54, 1.807) is 25.3 Å². The van der Waals surface area contributed by atoms with Gasteiger partial charge in [-0.15, -0.1) is 5.10 Å². The normalized spacial score (nSPS) is 15.3. The number of nitrogens with one attached hydrogen (secondary N) is 1. The smallest absolute Gasteiger partial charge is 0.241 e. The van der Waals surface area contributed by atoms with Gasteiger partial charge in [-0.1, -0.05) is 29.5 Å². The minimum atomic E-state index is -0.498. The number of amidine groups is 1. The van der Waals surface area contributed by atoms with Crippen molar-refractivity contribution in [2.24, 2.45) is 5.10 Å². The van der Waals surface area contributed by atoms with Crippen molar-refractivity contribution in [1.29, 1.82) is 0 Å². The molecule has 0 saturated carbocycles. The van der Waals surface area contributed by atoms with Gasteiger partial charge in [0.15, 0.2) is 5.17 Å². The van der Waals surface area contributed by atoms with Gasteiger partial charge in [0.25, 0.3) is 0 Å². The lowest BCUT2D eigenvalue weighted by Gasteiger charge is -2.22. The van der Waals surface area contributed by atoms with Gasteiger partial charge in [0.1, 0.15) is 35.8 Å². The molecule has 0 radical (unpaired) electrons. The molecule has 31 heavy (non-hydrogen) atoms. The van der Waals surface area contributed by atoms with Crippen LogP contribution in [0.1, 0.15) is 30.3 Å². The monoisotopic (exact) mass is 443 g/mol. The molecule has 0 spiro atoms. The maximum atomic E-state index is 12.2. The molecule has 0 aliphatic carbocycles. The predicted molar refractivity (Wildman–Crippen MR) is 119 cm³/mol. The van der Waals surface area contributed by atoms with Crippen molar-refractivity contribution in [3.63, 3.8) is 0 Å². The average Bonchev–Trinajstić information content (AvgIpc) is 3.15. The van der Waals surface area contributed by atoms with E-state index in [9.17, 15) is 9.59 Å². The lowest BCUT2D eigenvalue weighted by Crippen LogP contribution is -2.25. The fourth-order valence-corrected chi connectivity index (χ4v) is 4.04. The summed E-state index contributed by atoms with van der Waals surface area (Å²) in [5.41, 5.74) is 1.87. The number of hydrogen-bond acceptors (Lipinski definition) is 7. The van der Waals surface area contributed by atoms with Crippen LogP contribution in [0, 0.1) is 6.92 Å². The summed E-state index contributed by atoms with van der Waals surface area (Å²) in [5, 5.41) is 8.05. The zero-order valence-electron chi connectivity index (χ0n) is 17.9. The van der Waals surface area contributed by atoms with Gasteiger partial charge >= 0.3 is 0 Å². The van der Waals surface area contributed by atoms with Crippen LogP contribution >= 0.6 is 11.8 Å². The molecule has 0 fully saturated rings. The number of hydrogen-bond donors (Lipinski definition) is 1. The summed E-state index contributed by atoms with van der Waals surface area (Å²) in [6, 6.07) is 13.2. The van der Waals surface area contributed by atoms with Crippen LogP contribution in [0.2, 0.25) is 0 Å². The van der Waals surface area contributed by atoms with E-state index < -0.39 is 5.37 Å². The highest BCUT2D eigenvalue weighted by Crippen LogP contribution is 2.43. The highest BCUT2D eigenvalue weighted by Gasteiger charge is 2.34. The first kappa shape index (κ1) is 22.5. The van der Waals surface area contributed by atoms with Crippen LogP contribution in [0.15, 0.2) is 47.6 Å². The predicted octanol–water partition coefficient (Wildman–Crippen LogP) is 3.46. The fourth-order valence-electron chi connectivity index (χ4n) is 2.89. The molecule has 2 aromatic rings. The maximum absolute atomic E-state index is 12.2. The summed E-state index contributed by atoms with van der Waals surface area (Å²) in [6.07, 6.45) is 0. The SMILES string of the molecule is COc1ccc(OCCOc2ccc(C)cc2)c([C@@H]2SC(NC(C)=O)=NN2C(C)=O)c1. The molecule has 0 aromatic heterocycles. The zero-order valence-corrected chi connectivity index (χ0v) is 18.7. The summed E-state index contributed by atoms with van der Waals surface area (Å²) in [5.74, 6) is 1.46. The second kappa shape index (κ2) is 10.2. The number of thioether (sulfide) groups is 1. The topological polar surface area (TPSA) is 89.5 Å². The van der Waals surface area contributed by atoms with Crippen LogP contribution in [0.5, 0.6) is 17.2 Å². The Hall–Kier alpha value is -3.20. The van der Waals surface area contributed by atoms with E-state index in [4.69, 9.17) is 14.2 Å². The van der Waals surface area contributed by atoms with Gasteiger partial charge in [0.05, 0.1) is 7.11 Å². The lowest BCUT2D eigenvalue weighted by atomic mass is 10.1. The molecule has 0 saturated heterocycles. The van der Waals surface area contributed by atoms with Crippen molar-refractivity contribution < 1.29 is 23.8 Å². The van der Waals surface area contributed by atoms with E-state index in [0.29, 0.717) is 35.4 Å². The number of rotatable bonds is 7. The van der Waals surface area contributed by atoms with E-state index >= 15 is 0 Å². The lowest BCUT2D eigenvalue weighted by molar-refractivity contribution is -0.129. The third-order valence-corrected chi connectivity index (χ3v) is 5.45. The molecule has 1 heterocycles. The highest BCUT2D eigenvalue weighted by molar-refractivity contribution is 8.14. The van der Waals surface area contributed by atoms with Crippen molar-refractivity contribution in [3.05, 3.63) is 53.6 Å². The molecular weight excluding hydrogens is 418 g/mol. The molecule has 1 N–H and O–H groups in total. The minimum Gasteiger partial charge on any atom is -0.497 e. The number of amides is 2. The molecule has 3 rings (SSSR count). The van der Waals surface area contributed by atoms with Crippen molar-refractivity contribution in [3.8, 4) is 17.2 Å². The van der Waals surface area contributed by atoms with Crippen LogP contribution in [0.3, 0.4) is 0 Å². The van der Waals surface area contributed by atoms with Gasteiger partial charge in [-0.2, -0.15) is 0 Å². The minimum absolute atomic E-state index is 0.255. The van der Waals surface area contributed by atoms with Crippen LogP contribution in [0.25, 0.3) is 0 Å². The quantitative estimate of drug-likeness (QED) is 0.659. The maximum Gasteiger partial charge on any atom is 0.241 e. The van der Waals surface area contributed by atoms with Crippen molar-refractivity contribution in [1.82, 2.24) is 10.3 Å². The van der Waals surface area contributed by atoms with Crippen LogP contribution in [0.4, 0.5) is 0 Å². The Kier molecular flexibility index (Phi) is 7.41. The van der Waals surface area contributed by atoms with E-state index in [0.717, 1.165) is 11.3 Å². The first-order valence-corrected chi connectivity index (χ1v) is 10.6. The molecule has 1 aliphatic heterocycles. The van der Waals surface area contributed by atoms with Crippen molar-refractivity contribution >= 4 is 28.7 Å². The van der Waals surface area contributed by atoms with Crippen LogP contribution in [-0.2, 0) is 9.59 Å². The molecule has 1 aliphatic rings. The molecule has 0 unspecified atom stereocenters.